The lowest BCUT2D eigenvalue weighted by atomic mass is 10.0. The van der Waals surface area contributed by atoms with Crippen molar-refractivity contribution in [3.05, 3.63) is 130 Å². The van der Waals surface area contributed by atoms with Crippen LogP contribution in [-0.4, -0.2) is 9.97 Å². The highest BCUT2D eigenvalue weighted by Gasteiger charge is 1.99. The first kappa shape index (κ1) is 21.8. The molecule has 154 valence electrons. The largest absolute Gasteiger partial charge is 0.265 e. The first-order valence-corrected chi connectivity index (χ1v) is 10.3. The number of benzene rings is 2. The van der Waals surface area contributed by atoms with Gasteiger partial charge in [-0.05, 0) is 60.7 Å². The van der Waals surface area contributed by atoms with E-state index in [1.54, 1.807) is 30.9 Å². The molecule has 0 unspecified atom stereocenters. The van der Waals surface area contributed by atoms with E-state index < -0.39 is 0 Å². The van der Waals surface area contributed by atoms with E-state index in [1.807, 2.05) is 54.6 Å². The van der Waals surface area contributed by atoms with Gasteiger partial charge in [0.05, 0.1) is 0 Å². The molecule has 0 aliphatic heterocycles. The highest BCUT2D eigenvalue weighted by Crippen LogP contribution is 2.12. The fourth-order valence-electron chi connectivity index (χ4n) is 3.01. The molecule has 0 radical (unpaired) electrons. The molecule has 2 aromatic heterocycles. The van der Waals surface area contributed by atoms with Crippen molar-refractivity contribution in [3.63, 3.8) is 0 Å². The predicted molar refractivity (Wildman–Crippen MR) is 135 cm³/mol. The Labute approximate surface area is 200 Å². The summed E-state index contributed by atoms with van der Waals surface area (Å²) >= 11 is 0. The number of pyridine rings is 2. The lowest BCUT2D eigenvalue weighted by Gasteiger charge is -1.99. The van der Waals surface area contributed by atoms with Gasteiger partial charge < -0.3 is 0 Å². The quantitative estimate of drug-likeness (QED) is 0.382. The van der Waals surface area contributed by atoms with Crippen LogP contribution in [0.5, 0.6) is 0 Å². The molecule has 4 aromatic rings. The van der Waals surface area contributed by atoms with Crippen molar-refractivity contribution in [1.82, 2.24) is 9.97 Å². The molecular weight excluding hydrogens is 412 g/mol. The van der Waals surface area contributed by atoms with Crippen LogP contribution in [0.4, 0.5) is 0 Å². The van der Waals surface area contributed by atoms with Gasteiger partial charge in [-0.15, -0.1) is 12.8 Å². The maximum Gasteiger partial charge on any atom is 0.0280 e. The van der Waals surface area contributed by atoms with Crippen molar-refractivity contribution in [2.24, 2.45) is 0 Å². The molecule has 2 nitrogen and oxygen atoms in total. The highest BCUT2D eigenvalue weighted by atomic mass is 14.6. The van der Waals surface area contributed by atoms with Crippen molar-refractivity contribution >= 4 is 0 Å². The smallest absolute Gasteiger partial charge is 0.0280 e. The molecule has 2 heterocycles. The number of nitrogens with zero attached hydrogens (tertiary/aromatic N) is 2. The van der Waals surface area contributed by atoms with Crippen LogP contribution < -0.4 is 0 Å². The molecule has 2 heteroatoms. The molecule has 0 saturated carbocycles. The first-order chi connectivity index (χ1) is 16.7. The number of terminal acetylenes is 2. The van der Waals surface area contributed by atoms with Crippen molar-refractivity contribution in [2.45, 2.75) is 0 Å². The fourth-order valence-corrected chi connectivity index (χ4v) is 3.01. The van der Waals surface area contributed by atoms with E-state index in [-0.39, 0.29) is 0 Å². The molecule has 0 saturated heterocycles. The van der Waals surface area contributed by atoms with Crippen LogP contribution in [0.3, 0.4) is 0 Å². The molecule has 2 aromatic carbocycles. The molecule has 0 N–H and O–H groups in total. The van der Waals surface area contributed by atoms with Crippen LogP contribution in [0.15, 0.2) is 85.5 Å². The maximum atomic E-state index is 5.55. The summed E-state index contributed by atoms with van der Waals surface area (Å²) < 4.78 is 0. The van der Waals surface area contributed by atoms with Crippen molar-refractivity contribution in [1.29, 1.82) is 0 Å². The Morgan fingerprint density at radius 1 is 0.382 bits per heavy atom. The van der Waals surface area contributed by atoms with Crippen LogP contribution in [0, 0.1) is 60.2 Å². The summed E-state index contributed by atoms with van der Waals surface area (Å²) in [6.07, 6.45) is 18.0. The van der Waals surface area contributed by atoms with Gasteiger partial charge in [0.1, 0.15) is 0 Å². The van der Waals surface area contributed by atoms with Crippen LogP contribution in [0.2, 0.25) is 0 Å². The Morgan fingerprint density at radius 3 is 0.971 bits per heavy atom. The molecule has 0 atom stereocenters. The predicted octanol–water partition coefficient (Wildman–Crippen LogP) is 4.64. The van der Waals surface area contributed by atoms with E-state index in [0.29, 0.717) is 11.1 Å². The van der Waals surface area contributed by atoms with Crippen LogP contribution in [-0.2, 0) is 0 Å². The van der Waals surface area contributed by atoms with Crippen molar-refractivity contribution in [3.8, 4) is 60.2 Å². The molecular formula is C32H16N2. The van der Waals surface area contributed by atoms with Crippen molar-refractivity contribution in [2.75, 3.05) is 0 Å². The van der Waals surface area contributed by atoms with Crippen molar-refractivity contribution < 1.29 is 0 Å². The van der Waals surface area contributed by atoms with E-state index in [0.717, 1.165) is 33.4 Å². The standard InChI is InChI=1S/C32H16N2/c1-3-25-19-26(4-2)21-29(20-25)9-10-32-23-30(7-5-27-11-15-33-16-12-27)22-31(24-32)8-6-28-13-17-34-18-14-28/h1-2,11-24H. The molecule has 34 heavy (non-hydrogen) atoms. The zero-order valence-electron chi connectivity index (χ0n) is 18.1. The third-order valence-electron chi connectivity index (χ3n) is 4.61. The van der Waals surface area contributed by atoms with Gasteiger partial charge in [0.25, 0.3) is 0 Å². The van der Waals surface area contributed by atoms with Gasteiger partial charge in [0.15, 0.2) is 0 Å². The Kier molecular flexibility index (Phi) is 6.86. The second-order valence-electron chi connectivity index (χ2n) is 7.11. The summed E-state index contributed by atoms with van der Waals surface area (Å²) in [4.78, 5) is 8.05. The lowest BCUT2D eigenvalue weighted by molar-refractivity contribution is 1.32. The molecule has 0 spiro atoms. The lowest BCUT2D eigenvalue weighted by Crippen LogP contribution is -1.87. The number of rotatable bonds is 0. The Bertz CT molecular complexity index is 1510. The molecule has 0 aliphatic carbocycles. The Hall–Kier alpha value is -5.46. The zero-order valence-corrected chi connectivity index (χ0v) is 18.1. The van der Waals surface area contributed by atoms with Gasteiger partial charge in [-0.3, -0.25) is 9.97 Å². The number of hydrogen-bond acceptors (Lipinski definition) is 2. The highest BCUT2D eigenvalue weighted by molar-refractivity contribution is 5.56. The summed E-state index contributed by atoms with van der Waals surface area (Å²) in [6, 6.07) is 18.7. The molecule has 0 fully saturated rings. The van der Waals surface area contributed by atoms with Gasteiger partial charge in [-0.2, -0.15) is 0 Å². The van der Waals surface area contributed by atoms with Gasteiger partial charge in [-0.25, -0.2) is 0 Å². The Balaban J connectivity index is 1.75. The summed E-state index contributed by atoms with van der Waals surface area (Å²) in [5, 5.41) is 0. The maximum absolute atomic E-state index is 5.55. The average Bonchev–Trinajstić information content (AvgIpc) is 2.90. The van der Waals surface area contributed by atoms with E-state index >= 15 is 0 Å². The minimum Gasteiger partial charge on any atom is -0.265 e. The van der Waals surface area contributed by atoms with Gasteiger partial charge in [0.2, 0.25) is 0 Å². The van der Waals surface area contributed by atoms with Gasteiger partial charge in [-0.1, -0.05) is 47.4 Å². The first-order valence-electron chi connectivity index (χ1n) is 10.3. The molecule has 0 amide bonds. The summed E-state index contributed by atoms with van der Waals surface area (Å²) in [5.41, 5.74) is 6.30. The van der Waals surface area contributed by atoms with Crippen LogP contribution >= 0.6 is 0 Å². The number of aromatic nitrogens is 2. The van der Waals surface area contributed by atoms with Gasteiger partial charge >= 0.3 is 0 Å². The normalized spacial score (nSPS) is 9.00. The zero-order chi connectivity index (χ0) is 23.6. The van der Waals surface area contributed by atoms with Crippen LogP contribution in [0.25, 0.3) is 0 Å². The van der Waals surface area contributed by atoms with E-state index in [4.69, 9.17) is 12.8 Å². The topological polar surface area (TPSA) is 25.8 Å². The van der Waals surface area contributed by atoms with Gasteiger partial charge in [0, 0.05) is 69.3 Å². The van der Waals surface area contributed by atoms with Crippen LogP contribution in [0.1, 0.15) is 44.5 Å². The van der Waals surface area contributed by atoms with E-state index in [2.05, 4.69) is 57.3 Å². The molecule has 4 rings (SSSR count). The number of hydrogen-bond donors (Lipinski definition) is 0. The summed E-state index contributed by atoms with van der Waals surface area (Å²) in [6.45, 7) is 0. The minimum absolute atomic E-state index is 0.695. The summed E-state index contributed by atoms with van der Waals surface area (Å²) in [5.74, 6) is 24.3. The minimum atomic E-state index is 0.695. The second-order valence-corrected chi connectivity index (χ2v) is 7.11. The fraction of sp³-hybridized carbons (Fsp3) is 0. The second kappa shape index (κ2) is 10.7. The molecule has 0 bridgehead atoms. The third kappa shape index (κ3) is 6.04. The van der Waals surface area contributed by atoms with E-state index in [1.165, 1.54) is 0 Å². The monoisotopic (exact) mass is 428 g/mol. The SMILES string of the molecule is C#Cc1cc(C#C)cc(C#Cc2cc(C#Cc3ccncc3)cc(C#Cc3ccncc3)c2)c1. The average molecular weight is 428 g/mol. The third-order valence-corrected chi connectivity index (χ3v) is 4.61. The summed E-state index contributed by atoms with van der Waals surface area (Å²) in [7, 11) is 0. The Morgan fingerprint density at radius 2 is 0.647 bits per heavy atom. The molecule has 0 aliphatic rings. The van der Waals surface area contributed by atoms with E-state index in [9.17, 15) is 0 Å².